The number of halogens is 3. The molecule has 0 aromatic carbocycles. The standard InChI is InChI=1S/C19H22F3N7O/c1-18(2)5-13(3-4-14(18)30)28-16-11(6-23)8-25-17(29-16)26-9-12-7-24-10-27-15(12)19(20,21)22/h7-8,10,13-14,30H,3-5,9H2,1-2H3,(H2,25,26,28,29)/t13?,14-/m0/s1. The van der Waals surface area contributed by atoms with E-state index in [-0.39, 0.29) is 35.1 Å². The monoisotopic (exact) mass is 421 g/mol. The summed E-state index contributed by atoms with van der Waals surface area (Å²) in [5, 5.41) is 25.4. The van der Waals surface area contributed by atoms with Crippen LogP contribution in [0.2, 0.25) is 0 Å². The molecular weight excluding hydrogens is 399 g/mol. The number of hydrogen-bond donors (Lipinski definition) is 3. The highest BCUT2D eigenvalue weighted by Gasteiger charge is 2.36. The lowest BCUT2D eigenvalue weighted by Gasteiger charge is -2.40. The smallest absolute Gasteiger partial charge is 0.393 e. The van der Waals surface area contributed by atoms with E-state index in [1.54, 1.807) is 0 Å². The first-order valence-corrected chi connectivity index (χ1v) is 9.42. The van der Waals surface area contributed by atoms with Gasteiger partial charge in [-0.3, -0.25) is 0 Å². The van der Waals surface area contributed by atoms with Crippen molar-refractivity contribution in [3.05, 3.63) is 35.5 Å². The molecule has 1 aliphatic carbocycles. The molecule has 1 unspecified atom stereocenters. The maximum atomic E-state index is 13.1. The van der Waals surface area contributed by atoms with Gasteiger partial charge in [-0.25, -0.2) is 15.0 Å². The number of hydrogen-bond acceptors (Lipinski definition) is 8. The number of aliphatic hydroxyl groups is 1. The predicted octanol–water partition coefficient (Wildman–Crippen LogP) is 3.12. The number of anilines is 2. The van der Waals surface area contributed by atoms with Gasteiger partial charge in [0, 0.05) is 24.3 Å². The molecule has 0 aliphatic heterocycles. The maximum Gasteiger partial charge on any atom is 0.433 e. The third-order valence-corrected chi connectivity index (χ3v) is 5.21. The summed E-state index contributed by atoms with van der Waals surface area (Å²) in [4.78, 5) is 15.2. The lowest BCUT2D eigenvalue weighted by molar-refractivity contribution is -0.141. The van der Waals surface area contributed by atoms with Crippen LogP contribution < -0.4 is 10.6 Å². The summed E-state index contributed by atoms with van der Waals surface area (Å²) >= 11 is 0. The molecule has 160 valence electrons. The summed E-state index contributed by atoms with van der Waals surface area (Å²) in [6.07, 6.45) is 0.251. The molecule has 0 bridgehead atoms. The van der Waals surface area contributed by atoms with Gasteiger partial charge in [-0.15, -0.1) is 0 Å². The van der Waals surface area contributed by atoms with Gasteiger partial charge in [0.1, 0.15) is 23.8 Å². The van der Waals surface area contributed by atoms with Gasteiger partial charge in [0.2, 0.25) is 5.95 Å². The first-order chi connectivity index (χ1) is 14.1. The van der Waals surface area contributed by atoms with Crippen LogP contribution >= 0.6 is 0 Å². The molecular formula is C19H22F3N7O. The molecule has 8 nitrogen and oxygen atoms in total. The van der Waals surface area contributed by atoms with Gasteiger partial charge in [-0.2, -0.15) is 23.4 Å². The van der Waals surface area contributed by atoms with Crippen molar-refractivity contribution in [1.82, 2.24) is 19.9 Å². The fourth-order valence-corrected chi connectivity index (χ4v) is 3.52. The van der Waals surface area contributed by atoms with Crippen LogP contribution in [0.1, 0.15) is 49.9 Å². The Bertz CT molecular complexity index is 942. The topological polar surface area (TPSA) is 120 Å². The molecule has 11 heteroatoms. The van der Waals surface area contributed by atoms with E-state index < -0.39 is 18.0 Å². The van der Waals surface area contributed by atoms with Crippen molar-refractivity contribution in [2.24, 2.45) is 5.41 Å². The van der Waals surface area contributed by atoms with Gasteiger partial charge in [0.15, 0.2) is 5.69 Å². The fourth-order valence-electron chi connectivity index (χ4n) is 3.52. The number of aromatic nitrogens is 4. The summed E-state index contributed by atoms with van der Waals surface area (Å²) < 4.78 is 39.2. The van der Waals surface area contributed by atoms with Crippen LogP contribution in [-0.4, -0.2) is 37.2 Å². The maximum absolute atomic E-state index is 13.1. The van der Waals surface area contributed by atoms with E-state index in [0.717, 1.165) is 12.5 Å². The zero-order valence-electron chi connectivity index (χ0n) is 16.5. The molecule has 1 fully saturated rings. The van der Waals surface area contributed by atoms with Gasteiger partial charge < -0.3 is 15.7 Å². The first-order valence-electron chi connectivity index (χ1n) is 9.42. The quantitative estimate of drug-likeness (QED) is 0.674. The average Bonchev–Trinajstić information content (AvgIpc) is 2.68. The van der Waals surface area contributed by atoms with Gasteiger partial charge in [-0.05, 0) is 24.7 Å². The largest absolute Gasteiger partial charge is 0.433 e. The highest BCUT2D eigenvalue weighted by Crippen LogP contribution is 2.37. The van der Waals surface area contributed by atoms with Crippen LogP contribution in [0.4, 0.5) is 24.9 Å². The molecule has 30 heavy (non-hydrogen) atoms. The second kappa shape index (κ2) is 8.39. The van der Waals surface area contributed by atoms with Crippen LogP contribution in [0.25, 0.3) is 0 Å². The van der Waals surface area contributed by atoms with E-state index in [1.807, 2.05) is 19.9 Å². The van der Waals surface area contributed by atoms with Crippen molar-refractivity contribution < 1.29 is 18.3 Å². The minimum Gasteiger partial charge on any atom is -0.393 e. The van der Waals surface area contributed by atoms with Gasteiger partial charge in [0.25, 0.3) is 0 Å². The molecule has 0 radical (unpaired) electrons. The predicted molar refractivity (Wildman–Crippen MR) is 102 cm³/mol. The van der Waals surface area contributed by atoms with E-state index in [9.17, 15) is 23.5 Å². The molecule has 2 heterocycles. The highest BCUT2D eigenvalue weighted by molar-refractivity contribution is 5.54. The number of alkyl halides is 3. The molecule has 1 aliphatic rings. The molecule has 0 saturated heterocycles. The molecule has 3 rings (SSSR count). The Hall–Kier alpha value is -3.00. The van der Waals surface area contributed by atoms with Crippen molar-refractivity contribution in [2.75, 3.05) is 10.6 Å². The first kappa shape index (κ1) is 21.7. The third-order valence-electron chi connectivity index (χ3n) is 5.21. The highest BCUT2D eigenvalue weighted by atomic mass is 19.4. The number of nitriles is 1. The van der Waals surface area contributed by atoms with Crippen molar-refractivity contribution in [2.45, 2.75) is 58.0 Å². The summed E-state index contributed by atoms with van der Waals surface area (Å²) in [6.45, 7) is 3.72. The third kappa shape index (κ3) is 4.94. The van der Waals surface area contributed by atoms with Gasteiger partial charge in [0.05, 0.1) is 12.3 Å². The van der Waals surface area contributed by atoms with Crippen LogP contribution in [0.15, 0.2) is 18.7 Å². The zero-order chi connectivity index (χ0) is 21.9. The average molecular weight is 421 g/mol. The molecule has 0 spiro atoms. The molecule has 2 atom stereocenters. The van der Waals surface area contributed by atoms with E-state index in [0.29, 0.717) is 25.1 Å². The van der Waals surface area contributed by atoms with Crippen LogP contribution in [0, 0.1) is 16.7 Å². The number of nitrogens with zero attached hydrogens (tertiary/aromatic N) is 5. The van der Waals surface area contributed by atoms with Crippen molar-refractivity contribution in [3.8, 4) is 6.07 Å². The van der Waals surface area contributed by atoms with E-state index >= 15 is 0 Å². The number of rotatable bonds is 5. The van der Waals surface area contributed by atoms with Crippen molar-refractivity contribution in [3.63, 3.8) is 0 Å². The molecule has 0 amide bonds. The SMILES string of the molecule is CC1(C)CC(Nc2nc(NCc3cncnc3C(F)(F)F)ncc2C#N)CC[C@@H]1O. The van der Waals surface area contributed by atoms with Crippen molar-refractivity contribution >= 4 is 11.8 Å². The summed E-state index contributed by atoms with van der Waals surface area (Å²) in [5.41, 5.74) is -1.23. The number of aliphatic hydroxyl groups excluding tert-OH is 1. The van der Waals surface area contributed by atoms with Crippen LogP contribution in [0.5, 0.6) is 0 Å². The van der Waals surface area contributed by atoms with Crippen LogP contribution in [0.3, 0.4) is 0 Å². The second-order valence-electron chi connectivity index (χ2n) is 7.94. The second-order valence-corrected chi connectivity index (χ2v) is 7.94. The summed E-state index contributed by atoms with van der Waals surface area (Å²) in [7, 11) is 0. The summed E-state index contributed by atoms with van der Waals surface area (Å²) in [6, 6.07) is 2.01. The van der Waals surface area contributed by atoms with Gasteiger partial charge >= 0.3 is 6.18 Å². The fraction of sp³-hybridized carbons (Fsp3) is 0.526. The Morgan fingerprint density at radius 2 is 2.03 bits per heavy atom. The van der Waals surface area contributed by atoms with Gasteiger partial charge in [-0.1, -0.05) is 13.8 Å². The summed E-state index contributed by atoms with van der Waals surface area (Å²) in [5.74, 6) is 0.371. The number of nitrogens with one attached hydrogen (secondary N) is 2. The minimum atomic E-state index is -4.60. The molecule has 1 saturated carbocycles. The normalized spacial score (nSPS) is 21.0. The lowest BCUT2D eigenvalue weighted by Crippen LogP contribution is -2.41. The molecule has 2 aromatic rings. The van der Waals surface area contributed by atoms with Crippen LogP contribution in [-0.2, 0) is 12.7 Å². The molecule has 2 aromatic heterocycles. The van der Waals surface area contributed by atoms with Crippen molar-refractivity contribution in [1.29, 1.82) is 5.26 Å². The Labute approximate surface area is 171 Å². The van der Waals surface area contributed by atoms with E-state index in [1.165, 1.54) is 6.20 Å². The lowest BCUT2D eigenvalue weighted by atomic mass is 9.73. The minimum absolute atomic E-state index is 0.00222. The molecule has 3 N–H and O–H groups in total. The Kier molecular flexibility index (Phi) is 6.07. The Morgan fingerprint density at radius 3 is 2.70 bits per heavy atom. The van der Waals surface area contributed by atoms with E-state index in [2.05, 4.69) is 30.6 Å². The Morgan fingerprint density at radius 1 is 1.27 bits per heavy atom. The zero-order valence-corrected chi connectivity index (χ0v) is 16.5. The Balaban J connectivity index is 1.75. The van der Waals surface area contributed by atoms with E-state index in [4.69, 9.17) is 0 Å².